The summed E-state index contributed by atoms with van der Waals surface area (Å²) < 4.78 is 5.17. The first-order valence-electron chi connectivity index (χ1n) is 17.8. The zero-order chi connectivity index (χ0) is 31.1. The average molecular weight is 615 g/mol. The predicted octanol–water partition coefficient (Wildman–Crippen LogP) is 10.3. The molecule has 1 unspecified atom stereocenters. The molecule has 0 aliphatic rings. The molecule has 2 N–H and O–H groups in total. The van der Waals surface area contributed by atoms with Gasteiger partial charge >= 0.3 is 5.97 Å². The molecule has 0 aliphatic heterocycles. The zero-order valence-corrected chi connectivity index (χ0v) is 28.5. The Morgan fingerprint density at radius 3 is 1.02 bits per heavy atom. The Morgan fingerprint density at radius 2 is 0.762 bits per heavy atom. The number of carbonyl (C=O) groups is 3. The fourth-order valence-corrected chi connectivity index (χ4v) is 6.76. The van der Waals surface area contributed by atoms with Gasteiger partial charge in [-0.2, -0.15) is 0 Å². The van der Waals surface area contributed by atoms with Crippen molar-refractivity contribution in [1.82, 2.24) is 0 Å². The van der Waals surface area contributed by atoms with E-state index >= 15 is 0 Å². The Morgan fingerprint density at radius 1 is 0.500 bits per heavy atom. The van der Waals surface area contributed by atoms with Crippen LogP contribution in [0.2, 0.25) is 0 Å². The Balaban J connectivity index is 4.13. The topological polar surface area (TPSA) is 101 Å². The van der Waals surface area contributed by atoms with Crippen molar-refractivity contribution in [3.05, 3.63) is 0 Å². The van der Waals surface area contributed by atoms with Crippen molar-refractivity contribution in [2.24, 2.45) is 0 Å². The molecule has 0 heterocycles. The molecule has 6 nitrogen and oxygen atoms in total. The number of rotatable bonds is 33. The minimum absolute atomic E-state index is 0.219. The van der Waals surface area contributed by atoms with Crippen molar-refractivity contribution in [3.63, 3.8) is 0 Å². The Hall–Kier alpha value is -0.840. The highest BCUT2D eigenvalue weighted by Crippen LogP contribution is 2.43. The van der Waals surface area contributed by atoms with E-state index in [1.54, 1.807) is 0 Å². The fourth-order valence-electron chi connectivity index (χ4n) is 5.26. The zero-order valence-electron chi connectivity index (χ0n) is 27.6. The van der Waals surface area contributed by atoms with Gasteiger partial charge in [0.15, 0.2) is 6.10 Å². The molecule has 248 valence electrons. The van der Waals surface area contributed by atoms with Gasteiger partial charge in [0, 0.05) is 12.8 Å². The average Bonchev–Trinajstić information content (AvgIpc) is 2.99. The molecule has 0 saturated heterocycles. The number of carbonyl (C=O) groups excluding carboxylic acids is 3. The smallest absolute Gasteiger partial charge is 0.340 e. The summed E-state index contributed by atoms with van der Waals surface area (Å²) in [5, 5.41) is 18.7. The van der Waals surface area contributed by atoms with Gasteiger partial charge in [-0.3, -0.25) is 9.59 Å². The third-order valence-electron chi connectivity index (χ3n) is 8.07. The first-order chi connectivity index (χ1) is 20.5. The Bertz CT molecular complexity index is 599. The van der Waals surface area contributed by atoms with Crippen molar-refractivity contribution in [2.45, 2.75) is 200 Å². The molecule has 0 saturated carbocycles. The Kier molecular flexibility index (Phi) is 30.9. The van der Waals surface area contributed by atoms with Crippen molar-refractivity contribution in [1.29, 1.82) is 0 Å². The highest BCUT2D eigenvalue weighted by atomic mass is 31.1. The maximum Gasteiger partial charge on any atom is 0.340 e. The van der Waals surface area contributed by atoms with E-state index in [1.165, 1.54) is 116 Å². The standard InChI is InChI=1S/C35H67O6P/c1-3-5-7-9-11-13-15-17-19-21-23-25-27-29-33(38)42(41-35(40)32(37)31-36)34(39)30-28-26-24-22-20-18-16-14-12-10-8-6-4-2/h32,36-37H,3-31H2,1-2H3. The number of aliphatic hydroxyl groups is 2. The normalized spacial score (nSPS) is 12.1. The highest BCUT2D eigenvalue weighted by molar-refractivity contribution is 7.85. The van der Waals surface area contributed by atoms with Crippen molar-refractivity contribution in [3.8, 4) is 0 Å². The van der Waals surface area contributed by atoms with Crippen molar-refractivity contribution < 1.29 is 29.1 Å². The molecule has 0 amide bonds. The molecule has 0 fully saturated rings. The predicted molar refractivity (Wildman–Crippen MR) is 177 cm³/mol. The van der Waals surface area contributed by atoms with Gasteiger partial charge in [-0.05, 0) is 12.8 Å². The van der Waals surface area contributed by atoms with Gasteiger partial charge < -0.3 is 14.7 Å². The summed E-state index contributed by atoms with van der Waals surface area (Å²) >= 11 is 0. The van der Waals surface area contributed by atoms with Crippen LogP contribution in [0.4, 0.5) is 0 Å². The minimum Gasteiger partial charge on any atom is -0.427 e. The Labute approximate surface area is 260 Å². The van der Waals surface area contributed by atoms with E-state index in [1.807, 2.05) is 0 Å². The summed E-state index contributed by atoms with van der Waals surface area (Å²) in [5.41, 5.74) is -0.655. The number of aliphatic hydroxyl groups excluding tert-OH is 2. The second-order valence-corrected chi connectivity index (χ2v) is 13.9. The van der Waals surface area contributed by atoms with Crippen molar-refractivity contribution in [2.75, 3.05) is 6.61 Å². The van der Waals surface area contributed by atoms with Crippen LogP contribution in [-0.4, -0.2) is 39.9 Å². The van der Waals surface area contributed by atoms with E-state index in [9.17, 15) is 19.5 Å². The maximum atomic E-state index is 12.9. The van der Waals surface area contributed by atoms with Gasteiger partial charge in [0.2, 0.25) is 19.2 Å². The second-order valence-electron chi connectivity index (χ2n) is 12.2. The highest BCUT2D eigenvalue weighted by Gasteiger charge is 2.32. The van der Waals surface area contributed by atoms with E-state index in [2.05, 4.69) is 13.8 Å². The van der Waals surface area contributed by atoms with Gasteiger partial charge in [-0.1, -0.05) is 168 Å². The molecule has 0 radical (unpaired) electrons. The van der Waals surface area contributed by atoms with Crippen LogP contribution in [0.5, 0.6) is 0 Å². The number of unbranched alkanes of at least 4 members (excludes halogenated alkanes) is 24. The van der Waals surface area contributed by atoms with Crippen LogP contribution >= 0.6 is 8.15 Å². The quantitative estimate of drug-likeness (QED) is 0.0563. The van der Waals surface area contributed by atoms with Crippen LogP contribution in [-0.2, 0) is 18.9 Å². The molecule has 0 aromatic rings. The van der Waals surface area contributed by atoms with E-state index in [0.717, 1.165) is 38.5 Å². The molecule has 0 aromatic carbocycles. The summed E-state index contributed by atoms with van der Waals surface area (Å²) in [6, 6.07) is 0. The first-order valence-corrected chi connectivity index (χ1v) is 19.1. The molecule has 0 aromatic heterocycles. The summed E-state index contributed by atoms with van der Waals surface area (Å²) in [6.45, 7) is 3.70. The molecular formula is C35H67O6P. The minimum atomic E-state index is -2.24. The number of hydrogen-bond acceptors (Lipinski definition) is 6. The lowest BCUT2D eigenvalue weighted by Crippen LogP contribution is -2.26. The molecular weight excluding hydrogens is 547 g/mol. The summed E-state index contributed by atoms with van der Waals surface area (Å²) in [5.74, 6) is -1.08. The summed E-state index contributed by atoms with van der Waals surface area (Å²) in [4.78, 5) is 37.8. The van der Waals surface area contributed by atoms with E-state index < -0.39 is 26.8 Å². The van der Waals surface area contributed by atoms with Crippen LogP contribution in [0.25, 0.3) is 0 Å². The van der Waals surface area contributed by atoms with Gasteiger partial charge in [-0.15, -0.1) is 0 Å². The number of hydrogen-bond donors (Lipinski definition) is 2. The third-order valence-corrected chi connectivity index (χ3v) is 9.78. The largest absolute Gasteiger partial charge is 0.427 e. The van der Waals surface area contributed by atoms with Crippen LogP contribution < -0.4 is 0 Å². The van der Waals surface area contributed by atoms with Crippen LogP contribution in [0.1, 0.15) is 194 Å². The lowest BCUT2D eigenvalue weighted by Gasteiger charge is -2.16. The lowest BCUT2D eigenvalue weighted by atomic mass is 10.0. The van der Waals surface area contributed by atoms with Gasteiger partial charge in [0.1, 0.15) is 0 Å². The third kappa shape index (κ3) is 25.6. The SMILES string of the molecule is CCCCCCCCCCCCCCCC(=O)P(OC(=O)C(O)CO)C(=O)CCCCCCCCCCCCCCC. The monoisotopic (exact) mass is 614 g/mol. The fraction of sp³-hybridized carbons (Fsp3) is 0.914. The van der Waals surface area contributed by atoms with Gasteiger partial charge in [0.25, 0.3) is 0 Å². The van der Waals surface area contributed by atoms with Crippen molar-refractivity contribution >= 4 is 25.2 Å². The molecule has 1 atom stereocenters. The van der Waals surface area contributed by atoms with Crippen LogP contribution in [0.15, 0.2) is 0 Å². The van der Waals surface area contributed by atoms with Gasteiger partial charge in [0.05, 0.1) is 6.61 Å². The second kappa shape index (κ2) is 31.6. The molecule has 0 rings (SSSR count). The van der Waals surface area contributed by atoms with E-state index in [4.69, 9.17) is 9.63 Å². The summed E-state index contributed by atoms with van der Waals surface area (Å²) in [6.07, 6.45) is 30.1. The molecule has 7 heteroatoms. The summed E-state index contributed by atoms with van der Waals surface area (Å²) in [7, 11) is -2.24. The molecule has 0 aliphatic carbocycles. The maximum absolute atomic E-state index is 12.9. The first kappa shape index (κ1) is 41.2. The lowest BCUT2D eigenvalue weighted by molar-refractivity contribution is -0.146. The molecule has 0 spiro atoms. The van der Waals surface area contributed by atoms with Crippen LogP contribution in [0.3, 0.4) is 0 Å². The van der Waals surface area contributed by atoms with E-state index in [0.29, 0.717) is 12.8 Å². The molecule has 0 bridgehead atoms. The van der Waals surface area contributed by atoms with Crippen LogP contribution in [0, 0.1) is 0 Å². The van der Waals surface area contributed by atoms with Gasteiger partial charge in [-0.25, -0.2) is 4.79 Å². The van der Waals surface area contributed by atoms with E-state index in [-0.39, 0.29) is 23.9 Å². The molecule has 42 heavy (non-hydrogen) atoms.